The van der Waals surface area contributed by atoms with Crippen molar-refractivity contribution in [3.8, 4) is 17.6 Å². The van der Waals surface area contributed by atoms with Gasteiger partial charge in [0.25, 0.3) is 0 Å². The Balaban J connectivity index is 1.34. The lowest BCUT2D eigenvalue weighted by molar-refractivity contribution is -0.134. The molecule has 2 aliphatic heterocycles. The van der Waals surface area contributed by atoms with Crippen molar-refractivity contribution in [3.05, 3.63) is 48.0 Å². The number of carbonyl (C=O) groups is 2. The van der Waals surface area contributed by atoms with Gasteiger partial charge in [0.15, 0.2) is 11.5 Å². The van der Waals surface area contributed by atoms with Gasteiger partial charge >= 0.3 is 0 Å². The highest BCUT2D eigenvalue weighted by atomic mass is 32.2. The Morgan fingerprint density at radius 1 is 1.17 bits per heavy atom. The molecule has 1 atom stereocenters. The number of nitrogens with one attached hydrogen (secondary N) is 1. The molecule has 154 valence electrons. The highest BCUT2D eigenvalue weighted by Gasteiger charge is 2.34. The number of nitrogens with zero attached hydrogens (tertiary/aromatic N) is 2. The third-order valence-electron chi connectivity index (χ3n) is 4.66. The molecule has 0 spiro atoms. The third-order valence-corrected chi connectivity index (χ3v) is 6.65. The molecule has 0 saturated carbocycles. The maximum Gasteiger partial charge on any atom is 0.248 e. The van der Waals surface area contributed by atoms with Crippen LogP contribution in [-0.4, -0.2) is 53.4 Å². The second-order valence-corrected chi connectivity index (χ2v) is 8.70. The van der Waals surface area contributed by atoms with Crippen LogP contribution in [-0.2, 0) is 9.59 Å². The highest BCUT2D eigenvalue weighted by Crippen LogP contribution is 2.34. The van der Waals surface area contributed by atoms with Gasteiger partial charge in [-0.1, -0.05) is 0 Å². The van der Waals surface area contributed by atoms with Gasteiger partial charge in [0.1, 0.15) is 19.3 Å². The molecule has 7 nitrogen and oxygen atoms in total. The first-order valence-electron chi connectivity index (χ1n) is 9.35. The van der Waals surface area contributed by atoms with Gasteiger partial charge in [-0.15, -0.1) is 23.5 Å². The number of benzene rings is 2. The van der Waals surface area contributed by atoms with Gasteiger partial charge in [0.2, 0.25) is 11.8 Å². The van der Waals surface area contributed by atoms with E-state index in [0.29, 0.717) is 47.6 Å². The molecule has 1 unspecified atom stereocenters. The van der Waals surface area contributed by atoms with Crippen LogP contribution in [0.4, 0.5) is 5.69 Å². The first-order chi connectivity index (χ1) is 14.6. The molecular weight excluding hydrogens is 422 g/mol. The van der Waals surface area contributed by atoms with Crippen molar-refractivity contribution in [3.63, 3.8) is 0 Å². The fourth-order valence-electron chi connectivity index (χ4n) is 3.10. The van der Waals surface area contributed by atoms with Crippen LogP contribution in [0.2, 0.25) is 0 Å². The topological polar surface area (TPSA) is 91.7 Å². The van der Waals surface area contributed by atoms with Crippen LogP contribution in [0.25, 0.3) is 0 Å². The monoisotopic (exact) mass is 441 g/mol. The summed E-state index contributed by atoms with van der Waals surface area (Å²) < 4.78 is 11.1. The van der Waals surface area contributed by atoms with Crippen molar-refractivity contribution < 1.29 is 19.1 Å². The standard InChI is InChI=1S/C21H19N3O4S2/c22-10-14-1-3-15(4-2-14)23-21(26)17-11-29-13-24(17)20(25)12-30-16-5-6-18-19(9-16)28-8-7-27-18/h1-6,9,17H,7-8,11-13H2,(H,23,26). The Hall–Kier alpha value is -2.83. The lowest BCUT2D eigenvalue weighted by Crippen LogP contribution is -2.45. The molecular formula is C21H19N3O4S2. The van der Waals surface area contributed by atoms with Crippen molar-refractivity contribution in [1.29, 1.82) is 5.26 Å². The molecule has 4 rings (SSSR count). The van der Waals surface area contributed by atoms with Crippen molar-refractivity contribution >= 4 is 41.0 Å². The zero-order chi connectivity index (χ0) is 20.9. The number of anilines is 1. The van der Waals surface area contributed by atoms with Crippen molar-refractivity contribution in [2.45, 2.75) is 10.9 Å². The lowest BCUT2D eigenvalue weighted by atomic mass is 10.2. The maximum absolute atomic E-state index is 12.8. The lowest BCUT2D eigenvalue weighted by Gasteiger charge is -2.23. The van der Waals surface area contributed by atoms with Gasteiger partial charge in [0, 0.05) is 16.3 Å². The highest BCUT2D eigenvalue weighted by molar-refractivity contribution is 8.00. The minimum atomic E-state index is -0.515. The van der Waals surface area contributed by atoms with Crippen LogP contribution in [0.1, 0.15) is 5.56 Å². The molecule has 0 aromatic heterocycles. The normalized spacial score (nSPS) is 17.3. The molecule has 0 aliphatic carbocycles. The molecule has 2 aromatic rings. The minimum absolute atomic E-state index is 0.0835. The number of ether oxygens (including phenoxy) is 2. The van der Waals surface area contributed by atoms with Gasteiger partial charge < -0.3 is 19.7 Å². The average Bonchev–Trinajstić information content (AvgIpc) is 3.28. The Kier molecular flexibility index (Phi) is 6.35. The average molecular weight is 442 g/mol. The number of hydrogen-bond acceptors (Lipinski definition) is 7. The second kappa shape index (κ2) is 9.32. The van der Waals surface area contributed by atoms with Gasteiger partial charge in [-0.25, -0.2) is 0 Å². The summed E-state index contributed by atoms with van der Waals surface area (Å²) in [6.45, 7) is 1.05. The van der Waals surface area contributed by atoms with Gasteiger partial charge in [-0.2, -0.15) is 5.26 Å². The Morgan fingerprint density at radius 2 is 1.93 bits per heavy atom. The third kappa shape index (κ3) is 4.66. The predicted molar refractivity (Wildman–Crippen MR) is 116 cm³/mol. The minimum Gasteiger partial charge on any atom is -0.486 e. The Morgan fingerprint density at radius 3 is 2.70 bits per heavy atom. The van der Waals surface area contributed by atoms with Crippen molar-refractivity contribution in [2.24, 2.45) is 0 Å². The van der Waals surface area contributed by atoms with Crippen LogP contribution in [0.3, 0.4) is 0 Å². The summed E-state index contributed by atoms with van der Waals surface area (Å²) in [4.78, 5) is 28.0. The number of fused-ring (bicyclic) bond motifs is 1. The largest absolute Gasteiger partial charge is 0.486 e. The van der Waals surface area contributed by atoms with Gasteiger partial charge in [0.05, 0.1) is 23.3 Å². The summed E-state index contributed by atoms with van der Waals surface area (Å²) >= 11 is 2.97. The number of hydrogen-bond donors (Lipinski definition) is 1. The van der Waals surface area contributed by atoms with E-state index < -0.39 is 6.04 Å². The molecule has 1 N–H and O–H groups in total. The van der Waals surface area contributed by atoms with E-state index in [1.54, 1.807) is 40.9 Å². The van der Waals surface area contributed by atoms with Crippen LogP contribution >= 0.6 is 23.5 Å². The van der Waals surface area contributed by atoms with Gasteiger partial charge in [-0.05, 0) is 42.5 Å². The van der Waals surface area contributed by atoms with E-state index in [-0.39, 0.29) is 17.6 Å². The molecule has 9 heteroatoms. The van der Waals surface area contributed by atoms with E-state index >= 15 is 0 Å². The number of carbonyl (C=O) groups excluding carboxylic acids is 2. The fraction of sp³-hybridized carbons (Fsp3) is 0.286. The van der Waals surface area contributed by atoms with E-state index in [9.17, 15) is 9.59 Å². The molecule has 2 aromatic carbocycles. The van der Waals surface area contributed by atoms with Gasteiger partial charge in [-0.3, -0.25) is 9.59 Å². The molecule has 0 radical (unpaired) electrons. The molecule has 2 aliphatic rings. The number of thioether (sulfide) groups is 2. The quantitative estimate of drug-likeness (QED) is 0.713. The number of nitriles is 1. The van der Waals surface area contributed by atoms with Crippen LogP contribution in [0, 0.1) is 11.3 Å². The van der Waals surface area contributed by atoms with E-state index in [0.717, 1.165) is 4.90 Å². The van der Waals surface area contributed by atoms with E-state index in [1.807, 2.05) is 24.3 Å². The summed E-state index contributed by atoms with van der Waals surface area (Å²) in [6, 6.07) is 13.8. The SMILES string of the molecule is N#Cc1ccc(NC(=O)C2CSCN2C(=O)CSc2ccc3c(c2)OCCO3)cc1. The molecule has 0 bridgehead atoms. The summed E-state index contributed by atoms with van der Waals surface area (Å²) in [5.41, 5.74) is 1.13. The van der Waals surface area contributed by atoms with Crippen LogP contribution in [0.15, 0.2) is 47.4 Å². The van der Waals surface area contributed by atoms with Crippen LogP contribution in [0.5, 0.6) is 11.5 Å². The summed E-state index contributed by atoms with van der Waals surface area (Å²) in [6.07, 6.45) is 0. The van der Waals surface area contributed by atoms with E-state index in [2.05, 4.69) is 5.32 Å². The first-order valence-corrected chi connectivity index (χ1v) is 11.5. The van der Waals surface area contributed by atoms with Crippen LogP contribution < -0.4 is 14.8 Å². The maximum atomic E-state index is 12.8. The molecule has 2 heterocycles. The van der Waals surface area contributed by atoms with Crippen molar-refractivity contribution in [2.75, 3.05) is 35.9 Å². The Bertz CT molecular complexity index is 991. The zero-order valence-electron chi connectivity index (χ0n) is 16.0. The zero-order valence-corrected chi connectivity index (χ0v) is 17.6. The number of rotatable bonds is 5. The summed E-state index contributed by atoms with van der Waals surface area (Å²) in [7, 11) is 0. The molecule has 1 fully saturated rings. The first kappa shape index (κ1) is 20.4. The van der Waals surface area contributed by atoms with E-state index in [1.165, 1.54) is 11.8 Å². The smallest absolute Gasteiger partial charge is 0.248 e. The summed E-state index contributed by atoms with van der Waals surface area (Å²) in [5.74, 6) is 2.39. The van der Waals surface area contributed by atoms with E-state index in [4.69, 9.17) is 14.7 Å². The molecule has 1 saturated heterocycles. The van der Waals surface area contributed by atoms with Crippen molar-refractivity contribution in [1.82, 2.24) is 4.90 Å². The Labute approximate surface area is 182 Å². The second-order valence-electron chi connectivity index (χ2n) is 6.65. The summed E-state index contributed by atoms with van der Waals surface area (Å²) in [5, 5.41) is 11.7. The number of amides is 2. The predicted octanol–water partition coefficient (Wildman–Crippen LogP) is 2.96. The fourth-order valence-corrected chi connectivity index (χ4v) is 5.09. The molecule has 2 amide bonds. The molecule has 30 heavy (non-hydrogen) atoms.